The quantitative estimate of drug-likeness (QED) is 0.357. The van der Waals surface area contributed by atoms with Crippen molar-refractivity contribution in [2.45, 2.75) is 4.34 Å². The van der Waals surface area contributed by atoms with Crippen LogP contribution in [0.1, 0.15) is 5.56 Å². The van der Waals surface area contributed by atoms with Crippen molar-refractivity contribution in [2.75, 3.05) is 16.4 Å². The highest BCUT2D eigenvalue weighted by Crippen LogP contribution is 2.25. The molecule has 0 atom stereocenters. The van der Waals surface area contributed by atoms with Crippen LogP contribution in [-0.4, -0.2) is 32.7 Å². The van der Waals surface area contributed by atoms with Crippen molar-refractivity contribution in [1.82, 2.24) is 15.2 Å². The maximum absolute atomic E-state index is 11.9. The zero-order chi connectivity index (χ0) is 18.2. The Labute approximate surface area is 161 Å². The van der Waals surface area contributed by atoms with Gasteiger partial charge in [0.15, 0.2) is 9.47 Å². The van der Waals surface area contributed by atoms with Crippen LogP contribution in [0.4, 0.5) is 10.3 Å². The SMILES string of the molecule is O=C(C=Cc1ccccc1)Nc1nnc(SCC(=O)Nc2nccs2)s1. The standard InChI is InChI=1S/C16H13N5O2S3/c22-12(7-6-11-4-2-1-3-5-11)18-15-20-21-16(26-15)25-10-13(23)19-14-17-8-9-24-14/h1-9H,10H2,(H,17,19,23)(H,18,20,22). The van der Waals surface area contributed by atoms with Gasteiger partial charge in [-0.1, -0.05) is 53.4 Å². The second kappa shape index (κ2) is 9.22. The second-order valence-electron chi connectivity index (χ2n) is 4.78. The van der Waals surface area contributed by atoms with Crippen molar-refractivity contribution >= 4 is 62.6 Å². The molecule has 2 heterocycles. The van der Waals surface area contributed by atoms with E-state index in [4.69, 9.17) is 0 Å². The molecule has 2 aromatic heterocycles. The number of hydrogen-bond donors (Lipinski definition) is 2. The van der Waals surface area contributed by atoms with Gasteiger partial charge in [0.05, 0.1) is 5.75 Å². The van der Waals surface area contributed by atoms with Crippen LogP contribution in [0, 0.1) is 0 Å². The summed E-state index contributed by atoms with van der Waals surface area (Å²) in [7, 11) is 0. The first-order chi connectivity index (χ1) is 12.7. The zero-order valence-corrected chi connectivity index (χ0v) is 15.7. The molecule has 0 saturated carbocycles. The number of nitrogens with zero attached hydrogens (tertiary/aromatic N) is 3. The molecule has 132 valence electrons. The predicted molar refractivity (Wildman–Crippen MR) is 105 cm³/mol. The highest BCUT2D eigenvalue weighted by Gasteiger charge is 2.10. The van der Waals surface area contributed by atoms with Crippen molar-refractivity contribution < 1.29 is 9.59 Å². The summed E-state index contributed by atoms with van der Waals surface area (Å²) in [5.41, 5.74) is 0.933. The van der Waals surface area contributed by atoms with E-state index in [1.807, 2.05) is 30.3 Å². The van der Waals surface area contributed by atoms with E-state index in [0.717, 1.165) is 5.56 Å². The molecule has 2 N–H and O–H groups in total. The van der Waals surface area contributed by atoms with Gasteiger partial charge in [-0.25, -0.2) is 4.98 Å². The molecule has 2 amide bonds. The van der Waals surface area contributed by atoms with E-state index in [-0.39, 0.29) is 17.6 Å². The number of rotatable bonds is 7. The minimum atomic E-state index is -0.289. The molecule has 3 aromatic rings. The van der Waals surface area contributed by atoms with Crippen LogP contribution in [-0.2, 0) is 9.59 Å². The van der Waals surface area contributed by atoms with Gasteiger partial charge in [0.25, 0.3) is 0 Å². The van der Waals surface area contributed by atoms with Gasteiger partial charge >= 0.3 is 0 Å². The summed E-state index contributed by atoms with van der Waals surface area (Å²) in [6, 6.07) is 9.52. The summed E-state index contributed by atoms with van der Waals surface area (Å²) in [5.74, 6) is -0.268. The van der Waals surface area contributed by atoms with Gasteiger partial charge in [-0.2, -0.15) is 0 Å². The number of nitrogens with one attached hydrogen (secondary N) is 2. The molecule has 1 aromatic carbocycles. The molecule has 26 heavy (non-hydrogen) atoms. The lowest BCUT2D eigenvalue weighted by atomic mass is 10.2. The van der Waals surface area contributed by atoms with Crippen LogP contribution < -0.4 is 10.6 Å². The molecule has 0 fully saturated rings. The fourth-order valence-electron chi connectivity index (χ4n) is 1.77. The van der Waals surface area contributed by atoms with Gasteiger partial charge in [0, 0.05) is 17.7 Å². The molecule has 0 saturated heterocycles. The van der Waals surface area contributed by atoms with E-state index >= 15 is 0 Å². The van der Waals surface area contributed by atoms with Gasteiger partial charge in [-0.15, -0.1) is 21.5 Å². The topological polar surface area (TPSA) is 96.9 Å². The molecule has 3 rings (SSSR count). The first-order valence-corrected chi connectivity index (χ1v) is 10.1. The van der Waals surface area contributed by atoms with Crippen LogP contribution >= 0.6 is 34.4 Å². The van der Waals surface area contributed by atoms with Crippen LogP contribution in [0.5, 0.6) is 0 Å². The van der Waals surface area contributed by atoms with E-state index in [9.17, 15) is 9.59 Å². The summed E-state index contributed by atoms with van der Waals surface area (Å²) in [6.45, 7) is 0. The Morgan fingerprint density at radius 1 is 1.12 bits per heavy atom. The number of carbonyl (C=O) groups excluding carboxylic acids is 2. The average Bonchev–Trinajstić information content (AvgIpc) is 3.31. The van der Waals surface area contributed by atoms with Crippen molar-refractivity contribution in [3.05, 3.63) is 53.5 Å². The first-order valence-electron chi connectivity index (χ1n) is 7.39. The largest absolute Gasteiger partial charge is 0.301 e. The summed E-state index contributed by atoms with van der Waals surface area (Å²) in [6.07, 6.45) is 4.78. The molecular formula is C16H13N5O2S3. The zero-order valence-electron chi connectivity index (χ0n) is 13.3. The molecule has 0 spiro atoms. The van der Waals surface area contributed by atoms with Crippen LogP contribution in [0.15, 0.2) is 52.3 Å². The van der Waals surface area contributed by atoms with Gasteiger partial charge in [-0.3, -0.25) is 14.9 Å². The molecule has 7 nitrogen and oxygen atoms in total. The average molecular weight is 404 g/mol. The predicted octanol–water partition coefficient (Wildman–Crippen LogP) is 3.38. The Hall–Kier alpha value is -2.56. The van der Waals surface area contributed by atoms with E-state index < -0.39 is 0 Å². The Bertz CT molecular complexity index is 894. The number of aromatic nitrogens is 3. The number of anilines is 2. The third kappa shape index (κ3) is 5.76. The van der Waals surface area contributed by atoms with Crippen LogP contribution in [0.25, 0.3) is 6.08 Å². The minimum absolute atomic E-state index is 0.170. The normalized spacial score (nSPS) is 10.8. The Kier molecular flexibility index (Phi) is 6.47. The van der Waals surface area contributed by atoms with Gasteiger partial charge in [0.1, 0.15) is 0 Å². The number of thioether (sulfide) groups is 1. The number of carbonyl (C=O) groups is 2. The van der Waals surface area contributed by atoms with Gasteiger partial charge < -0.3 is 5.32 Å². The molecule has 0 bridgehead atoms. The van der Waals surface area contributed by atoms with Crippen molar-refractivity contribution in [1.29, 1.82) is 0 Å². The highest BCUT2D eigenvalue weighted by atomic mass is 32.2. The summed E-state index contributed by atoms with van der Waals surface area (Å²) >= 11 is 3.82. The molecule has 0 aliphatic heterocycles. The maximum atomic E-state index is 11.9. The number of hydrogen-bond acceptors (Lipinski definition) is 8. The van der Waals surface area contributed by atoms with E-state index in [0.29, 0.717) is 14.6 Å². The van der Waals surface area contributed by atoms with Crippen LogP contribution in [0.3, 0.4) is 0 Å². The minimum Gasteiger partial charge on any atom is -0.301 e. The Morgan fingerprint density at radius 3 is 2.73 bits per heavy atom. The maximum Gasteiger partial charge on any atom is 0.250 e. The third-order valence-electron chi connectivity index (χ3n) is 2.87. The number of benzene rings is 1. The fourth-order valence-corrected chi connectivity index (χ4v) is 3.87. The van der Waals surface area contributed by atoms with Gasteiger partial charge in [0.2, 0.25) is 16.9 Å². The highest BCUT2D eigenvalue weighted by molar-refractivity contribution is 8.01. The number of thiazole rings is 1. The fraction of sp³-hybridized carbons (Fsp3) is 0.0625. The van der Waals surface area contributed by atoms with Crippen molar-refractivity contribution in [2.24, 2.45) is 0 Å². The molecule has 10 heteroatoms. The molecule has 0 radical (unpaired) electrons. The first kappa shape index (κ1) is 18.2. The van der Waals surface area contributed by atoms with Crippen molar-refractivity contribution in [3.63, 3.8) is 0 Å². The van der Waals surface area contributed by atoms with E-state index in [2.05, 4.69) is 25.8 Å². The third-order valence-corrected chi connectivity index (χ3v) is 5.53. The summed E-state index contributed by atoms with van der Waals surface area (Å²) in [5, 5.41) is 15.9. The lowest BCUT2D eigenvalue weighted by Gasteiger charge is -1.98. The van der Waals surface area contributed by atoms with Crippen molar-refractivity contribution in [3.8, 4) is 0 Å². The van der Waals surface area contributed by atoms with E-state index in [1.54, 1.807) is 17.7 Å². The monoisotopic (exact) mass is 403 g/mol. The van der Waals surface area contributed by atoms with Gasteiger partial charge in [-0.05, 0) is 11.6 Å². The van der Waals surface area contributed by atoms with Crippen LogP contribution in [0.2, 0.25) is 0 Å². The Morgan fingerprint density at radius 2 is 1.96 bits per heavy atom. The smallest absolute Gasteiger partial charge is 0.250 e. The molecule has 0 unspecified atom stereocenters. The summed E-state index contributed by atoms with van der Waals surface area (Å²) < 4.78 is 0.599. The molecule has 0 aliphatic rings. The molecular weight excluding hydrogens is 390 g/mol. The summed E-state index contributed by atoms with van der Waals surface area (Å²) in [4.78, 5) is 27.7. The second-order valence-corrected chi connectivity index (χ2v) is 7.88. The lowest BCUT2D eigenvalue weighted by molar-refractivity contribution is -0.114. The van der Waals surface area contributed by atoms with E-state index in [1.165, 1.54) is 40.5 Å². The number of amides is 2. The molecule has 0 aliphatic carbocycles. The Balaban J connectivity index is 1.46. The lowest BCUT2D eigenvalue weighted by Crippen LogP contribution is -2.13.